The molecule has 1 aliphatic rings. The highest BCUT2D eigenvalue weighted by atomic mass is 16.5. The third-order valence-corrected chi connectivity index (χ3v) is 4.12. The van der Waals surface area contributed by atoms with Crippen molar-refractivity contribution in [2.24, 2.45) is 5.92 Å². The molecular formula is C18H25NO3. The number of carbonyl (C=O) groups is 1. The molecular weight excluding hydrogens is 278 g/mol. The lowest BCUT2D eigenvalue weighted by Crippen LogP contribution is -2.28. The third-order valence-electron chi connectivity index (χ3n) is 4.12. The van der Waals surface area contributed by atoms with E-state index in [9.17, 15) is 4.79 Å². The number of nitrogens with one attached hydrogen (secondary N) is 1. The van der Waals surface area contributed by atoms with E-state index in [-0.39, 0.29) is 5.91 Å². The van der Waals surface area contributed by atoms with Crippen LogP contribution in [-0.2, 0) is 4.79 Å². The van der Waals surface area contributed by atoms with Crippen molar-refractivity contribution in [3.8, 4) is 11.5 Å². The number of carbonyl (C=O) groups excluding carboxylic acids is 1. The van der Waals surface area contributed by atoms with E-state index in [1.165, 1.54) is 32.1 Å². The second kappa shape index (κ2) is 8.47. The highest BCUT2D eigenvalue weighted by molar-refractivity contribution is 5.91. The van der Waals surface area contributed by atoms with Crippen molar-refractivity contribution in [3.63, 3.8) is 0 Å². The van der Waals surface area contributed by atoms with Crippen molar-refractivity contribution in [1.29, 1.82) is 0 Å². The Morgan fingerprint density at radius 3 is 2.59 bits per heavy atom. The zero-order chi connectivity index (χ0) is 15.8. The molecule has 1 aromatic rings. The first kappa shape index (κ1) is 16.4. The predicted octanol–water partition coefficient (Wildman–Crippen LogP) is 3.41. The Labute approximate surface area is 132 Å². The number of methoxy groups -OCH3 is 2. The molecule has 0 saturated heterocycles. The van der Waals surface area contributed by atoms with Gasteiger partial charge in [0.1, 0.15) is 0 Å². The Morgan fingerprint density at radius 2 is 1.91 bits per heavy atom. The molecule has 0 spiro atoms. The van der Waals surface area contributed by atoms with Gasteiger partial charge in [0.15, 0.2) is 11.5 Å². The Kier molecular flexibility index (Phi) is 6.31. The fourth-order valence-electron chi connectivity index (χ4n) is 2.82. The summed E-state index contributed by atoms with van der Waals surface area (Å²) in [7, 11) is 3.20. The topological polar surface area (TPSA) is 47.6 Å². The van der Waals surface area contributed by atoms with Gasteiger partial charge in [-0.15, -0.1) is 0 Å². The summed E-state index contributed by atoms with van der Waals surface area (Å²) in [6.07, 6.45) is 9.76. The van der Waals surface area contributed by atoms with Gasteiger partial charge < -0.3 is 14.8 Å². The van der Waals surface area contributed by atoms with Crippen LogP contribution in [0.2, 0.25) is 0 Å². The van der Waals surface area contributed by atoms with E-state index < -0.39 is 0 Å². The highest BCUT2D eigenvalue weighted by Gasteiger charge is 2.13. The number of hydrogen-bond acceptors (Lipinski definition) is 3. The molecule has 4 nitrogen and oxygen atoms in total. The van der Waals surface area contributed by atoms with E-state index in [1.54, 1.807) is 26.4 Å². The van der Waals surface area contributed by atoms with E-state index in [1.807, 2.05) is 18.2 Å². The summed E-state index contributed by atoms with van der Waals surface area (Å²) in [5.74, 6) is 1.95. The lowest BCUT2D eigenvalue weighted by atomic mass is 9.89. The molecule has 0 aromatic heterocycles. The van der Waals surface area contributed by atoms with Crippen LogP contribution >= 0.6 is 0 Å². The molecule has 120 valence electrons. The molecule has 2 rings (SSSR count). The van der Waals surface area contributed by atoms with Gasteiger partial charge in [0, 0.05) is 12.6 Å². The molecule has 0 aliphatic heterocycles. The molecule has 1 aliphatic carbocycles. The summed E-state index contributed by atoms with van der Waals surface area (Å²) >= 11 is 0. The van der Waals surface area contributed by atoms with Crippen molar-refractivity contribution in [3.05, 3.63) is 29.8 Å². The minimum absolute atomic E-state index is 0.0413. The lowest BCUT2D eigenvalue weighted by molar-refractivity contribution is -0.116. The normalized spacial score (nSPS) is 15.7. The second-order valence-corrected chi connectivity index (χ2v) is 5.70. The van der Waals surface area contributed by atoms with Crippen LogP contribution in [0.1, 0.15) is 37.7 Å². The Morgan fingerprint density at radius 1 is 1.18 bits per heavy atom. The summed E-state index contributed by atoms with van der Waals surface area (Å²) in [4.78, 5) is 11.9. The summed E-state index contributed by atoms with van der Waals surface area (Å²) < 4.78 is 10.4. The third kappa shape index (κ3) is 4.79. The van der Waals surface area contributed by atoms with Gasteiger partial charge in [-0.05, 0) is 42.5 Å². The maximum absolute atomic E-state index is 11.9. The molecule has 0 heterocycles. The first-order chi connectivity index (χ1) is 10.7. The molecule has 4 heteroatoms. The SMILES string of the molecule is COc1ccc(/C=C/C(=O)NCC2CCCCC2)cc1OC. The number of amides is 1. The first-order valence-corrected chi connectivity index (χ1v) is 7.91. The van der Waals surface area contributed by atoms with Crippen LogP contribution in [0.5, 0.6) is 11.5 Å². The van der Waals surface area contributed by atoms with Crippen molar-refractivity contribution >= 4 is 12.0 Å². The number of ether oxygens (including phenoxy) is 2. The van der Waals surface area contributed by atoms with Gasteiger partial charge in [0.25, 0.3) is 0 Å². The number of benzene rings is 1. The largest absolute Gasteiger partial charge is 0.493 e. The predicted molar refractivity (Wildman–Crippen MR) is 88.2 cm³/mol. The van der Waals surface area contributed by atoms with E-state index in [4.69, 9.17) is 9.47 Å². The molecule has 1 fully saturated rings. The molecule has 1 amide bonds. The Balaban J connectivity index is 1.86. The molecule has 1 N–H and O–H groups in total. The molecule has 1 aromatic carbocycles. The summed E-state index contributed by atoms with van der Waals surface area (Å²) in [6.45, 7) is 0.787. The van der Waals surface area contributed by atoms with Crippen LogP contribution in [0.3, 0.4) is 0 Å². The summed E-state index contributed by atoms with van der Waals surface area (Å²) in [5, 5.41) is 2.99. The number of rotatable bonds is 6. The van der Waals surface area contributed by atoms with E-state index in [0.717, 1.165) is 12.1 Å². The maximum atomic E-state index is 11.9. The van der Waals surface area contributed by atoms with E-state index in [0.29, 0.717) is 17.4 Å². The van der Waals surface area contributed by atoms with E-state index >= 15 is 0 Å². The molecule has 0 bridgehead atoms. The van der Waals surface area contributed by atoms with Crippen molar-refractivity contribution in [1.82, 2.24) is 5.32 Å². The summed E-state index contributed by atoms with van der Waals surface area (Å²) in [5.41, 5.74) is 0.908. The summed E-state index contributed by atoms with van der Waals surface area (Å²) in [6, 6.07) is 5.58. The standard InChI is InChI=1S/C18H25NO3/c1-21-16-10-8-14(12-17(16)22-2)9-11-18(20)19-13-15-6-4-3-5-7-15/h8-12,15H,3-7,13H2,1-2H3,(H,19,20)/b11-9+. The van der Waals surface area contributed by atoms with Gasteiger partial charge in [-0.25, -0.2) is 0 Å². The average Bonchev–Trinajstić information content (AvgIpc) is 2.58. The minimum Gasteiger partial charge on any atom is -0.493 e. The minimum atomic E-state index is -0.0413. The van der Waals surface area contributed by atoms with Crippen LogP contribution in [0.25, 0.3) is 6.08 Å². The van der Waals surface area contributed by atoms with Crippen molar-refractivity contribution < 1.29 is 14.3 Å². The van der Waals surface area contributed by atoms with Gasteiger partial charge in [-0.2, -0.15) is 0 Å². The molecule has 0 radical (unpaired) electrons. The van der Waals surface area contributed by atoms with Gasteiger partial charge in [-0.1, -0.05) is 25.3 Å². The van der Waals surface area contributed by atoms with Gasteiger partial charge in [0.05, 0.1) is 14.2 Å². The van der Waals surface area contributed by atoms with Crippen molar-refractivity contribution in [2.45, 2.75) is 32.1 Å². The quantitative estimate of drug-likeness (QED) is 0.819. The fraction of sp³-hybridized carbons (Fsp3) is 0.500. The van der Waals surface area contributed by atoms with Crippen LogP contribution < -0.4 is 14.8 Å². The Hall–Kier alpha value is -1.97. The molecule has 1 saturated carbocycles. The van der Waals surface area contributed by atoms with Crippen LogP contribution in [0, 0.1) is 5.92 Å². The zero-order valence-corrected chi connectivity index (χ0v) is 13.4. The molecule has 0 unspecified atom stereocenters. The van der Waals surface area contributed by atoms with Gasteiger partial charge in [0.2, 0.25) is 5.91 Å². The number of hydrogen-bond donors (Lipinski definition) is 1. The first-order valence-electron chi connectivity index (χ1n) is 7.91. The maximum Gasteiger partial charge on any atom is 0.244 e. The second-order valence-electron chi connectivity index (χ2n) is 5.70. The highest BCUT2D eigenvalue weighted by Crippen LogP contribution is 2.28. The molecule has 0 atom stereocenters. The average molecular weight is 303 g/mol. The lowest BCUT2D eigenvalue weighted by Gasteiger charge is -2.21. The van der Waals surface area contributed by atoms with Crippen LogP contribution in [-0.4, -0.2) is 26.7 Å². The smallest absolute Gasteiger partial charge is 0.244 e. The van der Waals surface area contributed by atoms with Gasteiger partial charge >= 0.3 is 0 Å². The van der Waals surface area contributed by atoms with Crippen LogP contribution in [0.15, 0.2) is 24.3 Å². The van der Waals surface area contributed by atoms with Gasteiger partial charge in [-0.3, -0.25) is 4.79 Å². The fourth-order valence-corrected chi connectivity index (χ4v) is 2.82. The van der Waals surface area contributed by atoms with Crippen LogP contribution in [0.4, 0.5) is 0 Å². The Bertz CT molecular complexity index is 519. The molecule has 22 heavy (non-hydrogen) atoms. The van der Waals surface area contributed by atoms with E-state index in [2.05, 4.69) is 5.32 Å². The van der Waals surface area contributed by atoms with Crippen molar-refractivity contribution in [2.75, 3.05) is 20.8 Å². The monoisotopic (exact) mass is 303 g/mol. The zero-order valence-electron chi connectivity index (χ0n) is 13.4.